The standard InChI is InChI=1S/C13H14Cl2N2O2/c1-7(2)17-12(18)6-11(13(17)19)16-10-4-8(14)3-9(15)5-10/h3-5,7,11,16H,6H2,1-2H3. The van der Waals surface area contributed by atoms with Gasteiger partial charge in [-0.15, -0.1) is 0 Å². The molecule has 1 saturated heterocycles. The van der Waals surface area contributed by atoms with E-state index in [1.807, 2.05) is 13.8 Å². The third kappa shape index (κ3) is 3.01. The van der Waals surface area contributed by atoms with Gasteiger partial charge in [0.05, 0.1) is 6.42 Å². The number of carbonyl (C=O) groups excluding carboxylic acids is 2. The van der Waals surface area contributed by atoms with Gasteiger partial charge in [0.1, 0.15) is 6.04 Å². The zero-order valence-corrected chi connectivity index (χ0v) is 12.1. The van der Waals surface area contributed by atoms with Gasteiger partial charge in [-0.25, -0.2) is 0 Å². The predicted octanol–water partition coefficient (Wildman–Crippen LogP) is 2.94. The number of anilines is 1. The number of benzene rings is 1. The molecule has 1 aliphatic rings. The molecule has 1 heterocycles. The van der Waals surface area contributed by atoms with Crippen LogP contribution in [-0.4, -0.2) is 28.8 Å². The monoisotopic (exact) mass is 300 g/mol. The van der Waals surface area contributed by atoms with Crippen molar-refractivity contribution in [1.82, 2.24) is 4.90 Å². The van der Waals surface area contributed by atoms with Crippen LogP contribution in [0.15, 0.2) is 18.2 Å². The first-order valence-electron chi connectivity index (χ1n) is 5.97. The van der Waals surface area contributed by atoms with Crippen LogP contribution in [-0.2, 0) is 9.59 Å². The van der Waals surface area contributed by atoms with Gasteiger partial charge in [0.15, 0.2) is 0 Å². The van der Waals surface area contributed by atoms with Crippen molar-refractivity contribution in [2.24, 2.45) is 0 Å². The minimum absolute atomic E-state index is 0.130. The third-order valence-corrected chi connectivity index (χ3v) is 3.34. The van der Waals surface area contributed by atoms with E-state index >= 15 is 0 Å². The Balaban J connectivity index is 2.16. The second-order valence-corrected chi connectivity index (χ2v) is 5.63. The van der Waals surface area contributed by atoms with Crippen molar-refractivity contribution in [2.45, 2.75) is 32.4 Å². The van der Waals surface area contributed by atoms with Gasteiger partial charge in [-0.05, 0) is 32.0 Å². The van der Waals surface area contributed by atoms with Crippen LogP contribution in [0, 0.1) is 0 Å². The lowest BCUT2D eigenvalue weighted by atomic mass is 10.2. The lowest BCUT2D eigenvalue weighted by Crippen LogP contribution is -2.39. The molecule has 1 N–H and O–H groups in total. The second kappa shape index (κ2) is 5.39. The smallest absolute Gasteiger partial charge is 0.252 e. The van der Waals surface area contributed by atoms with E-state index in [1.54, 1.807) is 18.2 Å². The van der Waals surface area contributed by atoms with E-state index in [0.717, 1.165) is 0 Å². The number of amides is 2. The first kappa shape index (κ1) is 14.2. The Morgan fingerprint density at radius 2 is 1.79 bits per heavy atom. The molecule has 1 aliphatic heterocycles. The van der Waals surface area contributed by atoms with Crippen LogP contribution < -0.4 is 5.32 Å². The van der Waals surface area contributed by atoms with Crippen LogP contribution in [0.4, 0.5) is 5.69 Å². The minimum Gasteiger partial charge on any atom is -0.373 e. The first-order valence-corrected chi connectivity index (χ1v) is 6.72. The summed E-state index contributed by atoms with van der Waals surface area (Å²) < 4.78 is 0. The summed E-state index contributed by atoms with van der Waals surface area (Å²) >= 11 is 11.8. The van der Waals surface area contributed by atoms with Crippen molar-refractivity contribution in [3.63, 3.8) is 0 Å². The largest absolute Gasteiger partial charge is 0.373 e. The van der Waals surface area contributed by atoms with Gasteiger partial charge in [0.2, 0.25) is 5.91 Å². The second-order valence-electron chi connectivity index (χ2n) is 4.75. The molecule has 4 nitrogen and oxygen atoms in total. The topological polar surface area (TPSA) is 49.4 Å². The third-order valence-electron chi connectivity index (χ3n) is 2.90. The van der Waals surface area contributed by atoms with Crippen molar-refractivity contribution >= 4 is 40.7 Å². The number of halogens is 2. The Hall–Kier alpha value is -1.26. The van der Waals surface area contributed by atoms with Crippen molar-refractivity contribution in [3.8, 4) is 0 Å². The molecule has 102 valence electrons. The highest BCUT2D eigenvalue weighted by molar-refractivity contribution is 6.35. The van der Waals surface area contributed by atoms with E-state index in [-0.39, 0.29) is 24.3 Å². The molecule has 1 aromatic rings. The lowest BCUT2D eigenvalue weighted by Gasteiger charge is -2.19. The molecule has 2 amide bonds. The fourth-order valence-electron chi connectivity index (χ4n) is 2.14. The maximum Gasteiger partial charge on any atom is 0.252 e. The van der Waals surface area contributed by atoms with E-state index in [2.05, 4.69) is 5.32 Å². The van der Waals surface area contributed by atoms with Crippen LogP contribution in [0.3, 0.4) is 0 Å². The molecule has 2 rings (SSSR count). The Morgan fingerprint density at radius 1 is 1.21 bits per heavy atom. The quantitative estimate of drug-likeness (QED) is 0.873. The Morgan fingerprint density at radius 3 is 2.26 bits per heavy atom. The number of hydrogen-bond donors (Lipinski definition) is 1. The maximum atomic E-state index is 12.1. The van der Waals surface area contributed by atoms with E-state index in [4.69, 9.17) is 23.2 Å². The molecule has 1 aromatic carbocycles. The Labute approximate surface area is 121 Å². The maximum absolute atomic E-state index is 12.1. The summed E-state index contributed by atoms with van der Waals surface area (Å²) in [6.07, 6.45) is 0.154. The summed E-state index contributed by atoms with van der Waals surface area (Å²) in [5.41, 5.74) is 0.634. The molecule has 6 heteroatoms. The fraction of sp³-hybridized carbons (Fsp3) is 0.385. The molecule has 19 heavy (non-hydrogen) atoms. The predicted molar refractivity (Wildman–Crippen MR) is 75.5 cm³/mol. The van der Waals surface area contributed by atoms with Gasteiger partial charge >= 0.3 is 0 Å². The van der Waals surface area contributed by atoms with Crippen LogP contribution in [0.25, 0.3) is 0 Å². The number of hydrogen-bond acceptors (Lipinski definition) is 3. The molecule has 1 fully saturated rings. The van der Waals surface area contributed by atoms with Gasteiger partial charge in [0.25, 0.3) is 5.91 Å². The molecule has 0 spiro atoms. The number of nitrogens with one attached hydrogen (secondary N) is 1. The molecule has 0 bridgehead atoms. The number of likely N-dealkylation sites (tertiary alicyclic amines) is 1. The summed E-state index contributed by atoms with van der Waals surface area (Å²) in [5.74, 6) is -0.373. The lowest BCUT2D eigenvalue weighted by molar-refractivity contribution is -0.140. The van der Waals surface area contributed by atoms with Crippen LogP contribution in [0.2, 0.25) is 10.0 Å². The molecule has 0 aliphatic carbocycles. The minimum atomic E-state index is -0.551. The highest BCUT2D eigenvalue weighted by Crippen LogP contribution is 2.25. The Kier molecular flexibility index (Phi) is 4.02. The number of carbonyl (C=O) groups is 2. The molecule has 1 unspecified atom stereocenters. The normalized spacial score (nSPS) is 19.4. The fourth-order valence-corrected chi connectivity index (χ4v) is 2.67. The first-order chi connectivity index (χ1) is 8.88. The van der Waals surface area contributed by atoms with Gasteiger partial charge in [-0.2, -0.15) is 0 Å². The van der Waals surface area contributed by atoms with Crippen LogP contribution in [0.1, 0.15) is 20.3 Å². The molecule has 1 atom stereocenters. The van der Waals surface area contributed by atoms with E-state index in [1.165, 1.54) is 4.90 Å². The van der Waals surface area contributed by atoms with Crippen LogP contribution >= 0.6 is 23.2 Å². The van der Waals surface area contributed by atoms with Crippen LogP contribution in [0.5, 0.6) is 0 Å². The average molecular weight is 301 g/mol. The molecular weight excluding hydrogens is 287 g/mol. The van der Waals surface area contributed by atoms with Crippen molar-refractivity contribution in [3.05, 3.63) is 28.2 Å². The van der Waals surface area contributed by atoms with E-state index in [9.17, 15) is 9.59 Å². The summed E-state index contributed by atoms with van der Waals surface area (Å²) in [7, 11) is 0. The molecule has 0 radical (unpaired) electrons. The summed E-state index contributed by atoms with van der Waals surface area (Å²) in [6.45, 7) is 3.63. The molecular formula is C13H14Cl2N2O2. The average Bonchev–Trinajstić information content (AvgIpc) is 2.52. The van der Waals surface area contributed by atoms with Crippen molar-refractivity contribution in [1.29, 1.82) is 0 Å². The van der Waals surface area contributed by atoms with Gasteiger partial charge in [-0.3, -0.25) is 14.5 Å². The zero-order valence-electron chi connectivity index (χ0n) is 10.6. The van der Waals surface area contributed by atoms with Gasteiger partial charge in [0, 0.05) is 21.8 Å². The SMILES string of the molecule is CC(C)N1C(=O)CC(Nc2cc(Cl)cc(Cl)c2)C1=O. The number of rotatable bonds is 3. The zero-order chi connectivity index (χ0) is 14.2. The number of nitrogens with zero attached hydrogens (tertiary/aromatic N) is 1. The highest BCUT2D eigenvalue weighted by atomic mass is 35.5. The molecule has 0 aromatic heterocycles. The van der Waals surface area contributed by atoms with Gasteiger partial charge < -0.3 is 5.32 Å². The van der Waals surface area contributed by atoms with E-state index < -0.39 is 6.04 Å². The Bertz CT molecular complexity index is 511. The molecule has 0 saturated carbocycles. The van der Waals surface area contributed by atoms with Crippen molar-refractivity contribution in [2.75, 3.05) is 5.32 Å². The van der Waals surface area contributed by atoms with E-state index in [0.29, 0.717) is 15.7 Å². The summed E-state index contributed by atoms with van der Waals surface area (Å²) in [6, 6.07) is 4.27. The summed E-state index contributed by atoms with van der Waals surface area (Å²) in [5, 5.41) is 3.96. The van der Waals surface area contributed by atoms with Gasteiger partial charge in [-0.1, -0.05) is 23.2 Å². The summed E-state index contributed by atoms with van der Waals surface area (Å²) in [4.78, 5) is 25.2. The van der Waals surface area contributed by atoms with Crippen molar-refractivity contribution < 1.29 is 9.59 Å². The number of imide groups is 1. The highest BCUT2D eigenvalue weighted by Gasteiger charge is 2.39.